The third-order valence-electron chi connectivity index (χ3n) is 5.28. The third-order valence-corrected chi connectivity index (χ3v) is 5.28. The van der Waals surface area contributed by atoms with Crippen LogP contribution in [0.15, 0.2) is 60.9 Å². The quantitative estimate of drug-likeness (QED) is 0.380. The first-order chi connectivity index (χ1) is 14.7. The SMILES string of the molecule is CCCc1cnc(-c2ccc(-c3ccc(CCCCCCC(=O)O)cc3)cc2)nc1. The fraction of sp³-hybridized carbons (Fsp3) is 0.346. The van der Waals surface area contributed by atoms with Gasteiger partial charge in [0, 0.05) is 24.4 Å². The normalized spacial score (nSPS) is 10.8. The average molecular weight is 403 g/mol. The van der Waals surface area contributed by atoms with Crippen LogP contribution >= 0.6 is 0 Å². The van der Waals surface area contributed by atoms with Gasteiger partial charge >= 0.3 is 5.97 Å². The number of benzene rings is 2. The Kier molecular flexibility index (Phi) is 8.13. The number of aryl methyl sites for hydroxylation is 2. The van der Waals surface area contributed by atoms with Gasteiger partial charge in [-0.05, 0) is 47.9 Å². The molecule has 156 valence electrons. The summed E-state index contributed by atoms with van der Waals surface area (Å²) >= 11 is 0. The zero-order chi connectivity index (χ0) is 21.2. The number of aromatic nitrogens is 2. The maximum atomic E-state index is 10.5. The van der Waals surface area contributed by atoms with E-state index < -0.39 is 5.97 Å². The van der Waals surface area contributed by atoms with E-state index in [2.05, 4.69) is 65.4 Å². The molecule has 1 heterocycles. The summed E-state index contributed by atoms with van der Waals surface area (Å²) in [5.41, 5.74) is 5.92. The lowest BCUT2D eigenvalue weighted by Crippen LogP contribution is -1.94. The molecular weight excluding hydrogens is 372 g/mol. The average Bonchev–Trinajstić information content (AvgIpc) is 2.77. The van der Waals surface area contributed by atoms with Gasteiger partial charge in [0.25, 0.3) is 0 Å². The van der Waals surface area contributed by atoms with E-state index in [4.69, 9.17) is 5.11 Å². The van der Waals surface area contributed by atoms with Gasteiger partial charge in [-0.3, -0.25) is 4.79 Å². The van der Waals surface area contributed by atoms with E-state index >= 15 is 0 Å². The Hall–Kier alpha value is -3.01. The predicted molar refractivity (Wildman–Crippen MR) is 121 cm³/mol. The Bertz CT molecular complexity index is 917. The van der Waals surface area contributed by atoms with Crippen LogP contribution in [0, 0.1) is 0 Å². The topological polar surface area (TPSA) is 63.1 Å². The minimum atomic E-state index is -0.698. The highest BCUT2D eigenvalue weighted by atomic mass is 16.4. The van der Waals surface area contributed by atoms with Crippen molar-refractivity contribution in [1.29, 1.82) is 0 Å². The van der Waals surface area contributed by atoms with Crippen LogP contribution in [0.25, 0.3) is 22.5 Å². The second-order valence-corrected chi connectivity index (χ2v) is 7.75. The second-order valence-electron chi connectivity index (χ2n) is 7.75. The minimum absolute atomic E-state index is 0.282. The molecule has 30 heavy (non-hydrogen) atoms. The van der Waals surface area contributed by atoms with E-state index in [1.807, 2.05) is 12.4 Å². The molecule has 0 saturated carbocycles. The lowest BCUT2D eigenvalue weighted by Gasteiger charge is -2.07. The van der Waals surface area contributed by atoms with Crippen molar-refractivity contribution in [2.45, 2.75) is 58.3 Å². The number of carboxylic acid groups (broad SMARTS) is 1. The van der Waals surface area contributed by atoms with Crippen LogP contribution in [0.5, 0.6) is 0 Å². The second kappa shape index (κ2) is 11.2. The minimum Gasteiger partial charge on any atom is -0.481 e. The smallest absolute Gasteiger partial charge is 0.303 e. The molecule has 4 nitrogen and oxygen atoms in total. The van der Waals surface area contributed by atoms with E-state index in [1.165, 1.54) is 22.3 Å². The summed E-state index contributed by atoms with van der Waals surface area (Å²) in [7, 11) is 0. The molecule has 0 aliphatic rings. The monoisotopic (exact) mass is 402 g/mol. The van der Waals surface area contributed by atoms with Gasteiger partial charge in [-0.1, -0.05) is 74.7 Å². The molecule has 0 aliphatic carbocycles. The van der Waals surface area contributed by atoms with Crippen molar-refractivity contribution in [3.05, 3.63) is 72.1 Å². The van der Waals surface area contributed by atoms with Crippen LogP contribution in [0.2, 0.25) is 0 Å². The molecule has 1 aromatic heterocycles. The zero-order valence-electron chi connectivity index (χ0n) is 17.7. The molecule has 0 fully saturated rings. The number of hydrogen-bond donors (Lipinski definition) is 1. The molecule has 0 saturated heterocycles. The molecule has 4 heteroatoms. The van der Waals surface area contributed by atoms with E-state index in [-0.39, 0.29) is 6.42 Å². The molecule has 2 aromatic carbocycles. The van der Waals surface area contributed by atoms with Gasteiger partial charge in [-0.2, -0.15) is 0 Å². The molecule has 0 spiro atoms. The van der Waals surface area contributed by atoms with Crippen LogP contribution in [0.1, 0.15) is 56.6 Å². The molecule has 0 radical (unpaired) electrons. The predicted octanol–water partition coefficient (Wildman–Crippen LogP) is 6.34. The van der Waals surface area contributed by atoms with Gasteiger partial charge in [0.05, 0.1) is 0 Å². The van der Waals surface area contributed by atoms with Crippen LogP contribution in [0.4, 0.5) is 0 Å². The Morgan fingerprint density at radius 2 is 1.30 bits per heavy atom. The Morgan fingerprint density at radius 1 is 0.733 bits per heavy atom. The summed E-state index contributed by atoms with van der Waals surface area (Å²) in [5, 5.41) is 8.66. The third kappa shape index (κ3) is 6.51. The number of unbranched alkanes of at least 4 members (excludes halogenated alkanes) is 3. The van der Waals surface area contributed by atoms with Crippen molar-refractivity contribution < 1.29 is 9.90 Å². The maximum absolute atomic E-state index is 10.5. The van der Waals surface area contributed by atoms with Crippen molar-refractivity contribution in [3.63, 3.8) is 0 Å². The van der Waals surface area contributed by atoms with Gasteiger partial charge in [0.1, 0.15) is 0 Å². The summed E-state index contributed by atoms with van der Waals surface area (Å²) in [6.07, 6.45) is 11.2. The highest BCUT2D eigenvalue weighted by molar-refractivity contribution is 5.68. The van der Waals surface area contributed by atoms with Crippen molar-refractivity contribution in [1.82, 2.24) is 9.97 Å². The molecule has 0 unspecified atom stereocenters. The van der Waals surface area contributed by atoms with Gasteiger partial charge < -0.3 is 5.11 Å². The molecule has 0 aliphatic heterocycles. The Morgan fingerprint density at radius 3 is 1.90 bits per heavy atom. The zero-order valence-corrected chi connectivity index (χ0v) is 17.7. The standard InChI is InChI=1S/C26H30N2O2/c1-2-7-21-18-27-26(28-19-21)24-16-14-23(15-17-24)22-12-10-20(11-13-22)8-5-3-4-6-9-25(29)30/h10-19H,2-9H2,1H3,(H,29,30). The number of carboxylic acids is 1. The van der Waals surface area contributed by atoms with Gasteiger partial charge in [0.15, 0.2) is 5.82 Å². The first-order valence-electron chi connectivity index (χ1n) is 10.9. The largest absolute Gasteiger partial charge is 0.481 e. The molecule has 1 N–H and O–H groups in total. The van der Waals surface area contributed by atoms with Crippen molar-refractivity contribution >= 4 is 5.97 Å². The first-order valence-corrected chi connectivity index (χ1v) is 10.9. The highest BCUT2D eigenvalue weighted by Gasteiger charge is 2.04. The summed E-state index contributed by atoms with van der Waals surface area (Å²) in [6, 6.07) is 17.1. The molecule has 3 rings (SSSR count). The highest BCUT2D eigenvalue weighted by Crippen LogP contribution is 2.24. The number of nitrogens with zero attached hydrogens (tertiary/aromatic N) is 2. The van der Waals surface area contributed by atoms with E-state index in [9.17, 15) is 4.79 Å². The van der Waals surface area contributed by atoms with Gasteiger partial charge in [-0.25, -0.2) is 9.97 Å². The van der Waals surface area contributed by atoms with Crippen LogP contribution in [0.3, 0.4) is 0 Å². The number of hydrogen-bond acceptors (Lipinski definition) is 3. The fourth-order valence-corrected chi connectivity index (χ4v) is 3.56. The van der Waals surface area contributed by atoms with Gasteiger partial charge in [0.2, 0.25) is 0 Å². The van der Waals surface area contributed by atoms with Gasteiger partial charge in [-0.15, -0.1) is 0 Å². The molecule has 0 atom stereocenters. The van der Waals surface area contributed by atoms with E-state index in [0.717, 1.165) is 56.3 Å². The maximum Gasteiger partial charge on any atom is 0.303 e. The van der Waals surface area contributed by atoms with Crippen molar-refractivity contribution in [2.75, 3.05) is 0 Å². The molecular formula is C26H30N2O2. The van der Waals surface area contributed by atoms with Crippen molar-refractivity contribution in [3.8, 4) is 22.5 Å². The van der Waals surface area contributed by atoms with Crippen LogP contribution in [-0.4, -0.2) is 21.0 Å². The van der Waals surface area contributed by atoms with E-state index in [1.54, 1.807) is 0 Å². The summed E-state index contributed by atoms with van der Waals surface area (Å²) in [6.45, 7) is 2.16. The summed E-state index contributed by atoms with van der Waals surface area (Å²) in [5.74, 6) is 0.0659. The summed E-state index contributed by atoms with van der Waals surface area (Å²) < 4.78 is 0. The number of carbonyl (C=O) groups is 1. The lowest BCUT2D eigenvalue weighted by molar-refractivity contribution is -0.137. The molecule has 0 amide bonds. The number of rotatable bonds is 11. The molecule has 3 aromatic rings. The van der Waals surface area contributed by atoms with E-state index in [0.29, 0.717) is 0 Å². The summed E-state index contributed by atoms with van der Waals surface area (Å²) in [4.78, 5) is 19.5. The first kappa shape index (κ1) is 21.7. The molecule has 0 bridgehead atoms. The Balaban J connectivity index is 1.53. The fourth-order valence-electron chi connectivity index (χ4n) is 3.56. The van der Waals surface area contributed by atoms with Crippen LogP contribution in [-0.2, 0) is 17.6 Å². The van der Waals surface area contributed by atoms with Crippen molar-refractivity contribution in [2.24, 2.45) is 0 Å². The number of aliphatic carboxylic acids is 1. The lowest BCUT2D eigenvalue weighted by atomic mass is 10.00. The Labute approximate surface area is 179 Å². The van der Waals surface area contributed by atoms with Crippen LogP contribution < -0.4 is 0 Å².